The van der Waals surface area contributed by atoms with E-state index in [4.69, 9.17) is 4.74 Å². The van der Waals surface area contributed by atoms with Gasteiger partial charge in [0, 0.05) is 7.05 Å². The summed E-state index contributed by atoms with van der Waals surface area (Å²) in [6, 6.07) is 0. The first kappa shape index (κ1) is 15.1. The van der Waals surface area contributed by atoms with Gasteiger partial charge in [-0.2, -0.15) is 12.6 Å². The van der Waals surface area contributed by atoms with Crippen molar-refractivity contribution in [3.63, 3.8) is 0 Å². The molecule has 1 saturated heterocycles. The molecule has 0 aromatic rings. The molecule has 0 radical (unpaired) electrons. The molecule has 0 aromatic heterocycles. The van der Waals surface area contributed by atoms with Gasteiger partial charge >= 0.3 is 6.09 Å². The molecular weight excluding hydrogens is 186 g/mol. The summed E-state index contributed by atoms with van der Waals surface area (Å²) < 4.78 is 4.91. The van der Waals surface area contributed by atoms with Crippen LogP contribution in [-0.2, 0) is 4.74 Å². The average Bonchev–Trinajstić information content (AvgIpc) is 2.53. The van der Waals surface area contributed by atoms with Crippen molar-refractivity contribution in [1.82, 2.24) is 4.90 Å². The number of cyclic esters (lactones) is 1. The lowest BCUT2D eigenvalue weighted by Gasteiger charge is -2.01. The molecule has 0 bridgehead atoms. The SMILES string of the molecule is CC.CCC1CN(C)C(=O)O1.CS. The summed E-state index contributed by atoms with van der Waals surface area (Å²) in [6.07, 6.45) is 2.54. The van der Waals surface area contributed by atoms with Gasteiger partial charge in [-0.05, 0) is 12.7 Å². The summed E-state index contributed by atoms with van der Waals surface area (Å²) in [5, 5.41) is 0. The second-order valence-corrected chi connectivity index (χ2v) is 2.29. The molecule has 4 heteroatoms. The third-order valence-corrected chi connectivity index (χ3v) is 1.51. The number of amides is 1. The lowest BCUT2D eigenvalue weighted by molar-refractivity contribution is 0.132. The number of hydrogen-bond donors (Lipinski definition) is 1. The van der Waals surface area contributed by atoms with Crippen LogP contribution < -0.4 is 0 Å². The van der Waals surface area contributed by atoms with Crippen LogP contribution in [0.4, 0.5) is 4.79 Å². The van der Waals surface area contributed by atoms with Crippen molar-refractivity contribution in [2.75, 3.05) is 19.8 Å². The van der Waals surface area contributed by atoms with Gasteiger partial charge in [0.05, 0.1) is 6.54 Å². The van der Waals surface area contributed by atoms with Gasteiger partial charge in [-0.3, -0.25) is 0 Å². The van der Waals surface area contributed by atoms with Crippen molar-refractivity contribution in [2.45, 2.75) is 33.3 Å². The van der Waals surface area contributed by atoms with E-state index in [1.54, 1.807) is 18.2 Å². The van der Waals surface area contributed by atoms with Crippen molar-refractivity contribution in [2.24, 2.45) is 0 Å². The smallest absolute Gasteiger partial charge is 0.409 e. The second kappa shape index (κ2) is 9.71. The molecule has 0 saturated carbocycles. The number of carbonyl (C=O) groups excluding carboxylic acids is 1. The minimum Gasteiger partial charge on any atom is -0.444 e. The topological polar surface area (TPSA) is 29.5 Å². The molecule has 13 heavy (non-hydrogen) atoms. The molecule has 0 aromatic carbocycles. The number of nitrogens with zero attached hydrogens (tertiary/aromatic N) is 1. The van der Waals surface area contributed by atoms with E-state index < -0.39 is 0 Å². The van der Waals surface area contributed by atoms with Crippen LogP contribution in [0.2, 0.25) is 0 Å². The standard InChI is InChI=1S/C6H11NO2.C2H6.CH4S/c1-3-5-4-7(2)6(8)9-5;2*1-2/h5H,3-4H2,1-2H3;1-2H3;2H,1H3. The Balaban J connectivity index is 0. The van der Waals surface area contributed by atoms with Gasteiger partial charge in [-0.1, -0.05) is 20.8 Å². The average molecular weight is 207 g/mol. The fourth-order valence-corrected chi connectivity index (χ4v) is 0.862. The van der Waals surface area contributed by atoms with Gasteiger partial charge in [0.1, 0.15) is 6.10 Å². The van der Waals surface area contributed by atoms with Crippen molar-refractivity contribution in [1.29, 1.82) is 0 Å². The van der Waals surface area contributed by atoms with Crippen LogP contribution >= 0.6 is 12.6 Å². The Bertz CT molecular complexity index is 131. The Hall–Kier alpha value is -0.380. The minimum atomic E-state index is -0.193. The molecule has 80 valence electrons. The fourth-order valence-electron chi connectivity index (χ4n) is 0.862. The lowest BCUT2D eigenvalue weighted by Crippen LogP contribution is -2.18. The molecule has 1 aliphatic heterocycles. The predicted molar refractivity (Wildman–Crippen MR) is 59.4 cm³/mol. The van der Waals surface area contributed by atoms with Crippen LogP contribution in [0.5, 0.6) is 0 Å². The fraction of sp³-hybridized carbons (Fsp3) is 0.889. The van der Waals surface area contributed by atoms with Gasteiger partial charge in [0.15, 0.2) is 0 Å². The highest BCUT2D eigenvalue weighted by Gasteiger charge is 2.25. The first-order chi connectivity index (χ1) is 6.24. The van der Waals surface area contributed by atoms with Crippen molar-refractivity contribution >= 4 is 18.7 Å². The van der Waals surface area contributed by atoms with Crippen LogP contribution in [0.3, 0.4) is 0 Å². The molecule has 1 amide bonds. The molecule has 0 aliphatic carbocycles. The summed E-state index contributed by atoms with van der Waals surface area (Å²) in [4.78, 5) is 12.2. The van der Waals surface area contributed by atoms with Crippen molar-refractivity contribution in [3.8, 4) is 0 Å². The molecule has 3 nitrogen and oxygen atoms in total. The zero-order chi connectivity index (χ0) is 10.9. The quantitative estimate of drug-likeness (QED) is 0.669. The van der Waals surface area contributed by atoms with E-state index in [1.165, 1.54) is 0 Å². The summed E-state index contributed by atoms with van der Waals surface area (Å²) in [5.74, 6) is 0. The molecule has 1 atom stereocenters. The predicted octanol–water partition coefficient (Wildman–Crippen LogP) is 2.42. The second-order valence-electron chi connectivity index (χ2n) is 2.29. The maximum atomic E-state index is 10.6. The van der Waals surface area contributed by atoms with Crippen LogP contribution in [-0.4, -0.2) is 36.9 Å². The van der Waals surface area contributed by atoms with Crippen LogP contribution in [0.1, 0.15) is 27.2 Å². The molecule has 1 rings (SSSR count). The maximum Gasteiger partial charge on any atom is 0.409 e. The third-order valence-electron chi connectivity index (χ3n) is 1.51. The molecule has 1 fully saturated rings. The number of ether oxygens (including phenoxy) is 1. The molecule has 1 unspecified atom stereocenters. The number of carbonyl (C=O) groups is 1. The van der Waals surface area contributed by atoms with E-state index in [0.29, 0.717) is 0 Å². The van der Waals surface area contributed by atoms with E-state index in [9.17, 15) is 4.79 Å². The monoisotopic (exact) mass is 207 g/mol. The summed E-state index contributed by atoms with van der Waals surface area (Å²) in [7, 11) is 1.75. The normalized spacial score (nSPS) is 19.4. The van der Waals surface area contributed by atoms with E-state index in [1.807, 2.05) is 20.8 Å². The number of likely N-dealkylation sites (N-methyl/N-ethyl adjacent to an activating group) is 1. The van der Waals surface area contributed by atoms with Crippen LogP contribution in [0.25, 0.3) is 0 Å². The highest BCUT2D eigenvalue weighted by molar-refractivity contribution is 7.79. The first-order valence-electron chi connectivity index (χ1n) is 4.60. The molecule has 1 heterocycles. The number of thiol groups is 1. The zero-order valence-corrected chi connectivity index (χ0v) is 10.1. The molecular formula is C9H21NO2S. The summed E-state index contributed by atoms with van der Waals surface area (Å²) in [5.41, 5.74) is 0. The van der Waals surface area contributed by atoms with Gasteiger partial charge in [0.2, 0.25) is 0 Å². The van der Waals surface area contributed by atoms with Crippen LogP contribution in [0.15, 0.2) is 0 Å². The Morgan fingerprint density at radius 1 is 1.54 bits per heavy atom. The number of rotatable bonds is 1. The van der Waals surface area contributed by atoms with Crippen molar-refractivity contribution < 1.29 is 9.53 Å². The summed E-state index contributed by atoms with van der Waals surface area (Å²) >= 11 is 3.53. The van der Waals surface area contributed by atoms with Crippen molar-refractivity contribution in [3.05, 3.63) is 0 Å². The van der Waals surface area contributed by atoms with E-state index in [2.05, 4.69) is 12.6 Å². The highest BCUT2D eigenvalue weighted by atomic mass is 32.1. The minimum absolute atomic E-state index is 0.127. The van der Waals surface area contributed by atoms with Crippen LogP contribution in [0, 0.1) is 0 Å². The third kappa shape index (κ3) is 5.80. The largest absolute Gasteiger partial charge is 0.444 e. The summed E-state index contributed by atoms with van der Waals surface area (Å²) in [6.45, 7) is 6.76. The van der Waals surface area contributed by atoms with Gasteiger partial charge in [-0.15, -0.1) is 0 Å². The molecule has 0 spiro atoms. The maximum absolute atomic E-state index is 10.6. The van der Waals surface area contributed by atoms with E-state index >= 15 is 0 Å². The first-order valence-corrected chi connectivity index (χ1v) is 5.50. The zero-order valence-electron chi connectivity index (χ0n) is 9.20. The van der Waals surface area contributed by atoms with E-state index in [-0.39, 0.29) is 12.2 Å². The van der Waals surface area contributed by atoms with Gasteiger partial charge < -0.3 is 9.64 Å². The van der Waals surface area contributed by atoms with Gasteiger partial charge in [0.25, 0.3) is 0 Å². The lowest BCUT2D eigenvalue weighted by atomic mass is 10.3. The molecule has 1 aliphatic rings. The Labute approximate surface area is 86.9 Å². The Kier molecular flexibility index (Phi) is 11.3. The van der Waals surface area contributed by atoms with E-state index in [0.717, 1.165) is 13.0 Å². The molecule has 0 N–H and O–H groups in total. The number of hydrogen-bond acceptors (Lipinski definition) is 3. The van der Waals surface area contributed by atoms with Gasteiger partial charge in [-0.25, -0.2) is 4.79 Å². The Morgan fingerprint density at radius 2 is 2.00 bits per heavy atom. The Morgan fingerprint density at radius 3 is 2.15 bits per heavy atom. The highest BCUT2D eigenvalue weighted by Crippen LogP contribution is 2.10.